The van der Waals surface area contributed by atoms with E-state index in [2.05, 4.69) is 20.6 Å². The second kappa shape index (κ2) is 8.10. The lowest BCUT2D eigenvalue weighted by Gasteiger charge is -2.34. The molecule has 1 saturated heterocycles. The van der Waals surface area contributed by atoms with Crippen LogP contribution in [-0.2, 0) is 9.59 Å². The van der Waals surface area contributed by atoms with Gasteiger partial charge in [0, 0.05) is 37.3 Å². The number of carbonyl (C=O) groups excluding carboxylic acids is 2. The van der Waals surface area contributed by atoms with Gasteiger partial charge in [0.25, 0.3) is 0 Å². The molecule has 2 N–H and O–H groups in total. The van der Waals surface area contributed by atoms with Crippen molar-refractivity contribution < 1.29 is 19.1 Å². The molecular formula is C20H27FN6O3. The van der Waals surface area contributed by atoms with Crippen LogP contribution in [0.1, 0.15) is 38.8 Å². The Morgan fingerprint density at radius 2 is 2.07 bits per heavy atom. The second-order valence-corrected chi connectivity index (χ2v) is 8.69. The van der Waals surface area contributed by atoms with Crippen molar-refractivity contribution in [1.82, 2.24) is 30.2 Å². The minimum absolute atomic E-state index is 0.0755. The average molecular weight is 418 g/mol. The van der Waals surface area contributed by atoms with Crippen LogP contribution in [0.2, 0.25) is 0 Å². The Bertz CT molecular complexity index is 954. The molecule has 2 aromatic rings. The number of hydrogen-bond acceptors (Lipinski definition) is 6. The molecule has 0 saturated carbocycles. The number of β-amino-alcohol motifs (C(OH)–C–C–N with tert-alkyl or cyclic N) is 1. The van der Waals surface area contributed by atoms with E-state index in [1.54, 1.807) is 19.2 Å². The van der Waals surface area contributed by atoms with Gasteiger partial charge in [0.05, 0.1) is 12.3 Å². The molecule has 0 spiro atoms. The Labute approximate surface area is 174 Å². The third-order valence-electron chi connectivity index (χ3n) is 5.25. The van der Waals surface area contributed by atoms with Gasteiger partial charge in [-0.3, -0.25) is 9.59 Å². The van der Waals surface area contributed by atoms with Crippen molar-refractivity contribution in [3.63, 3.8) is 0 Å². The summed E-state index contributed by atoms with van der Waals surface area (Å²) in [6.45, 7) is 7.35. The summed E-state index contributed by atoms with van der Waals surface area (Å²) >= 11 is 0. The third-order valence-corrected chi connectivity index (χ3v) is 5.25. The molecule has 2 amide bonds. The first-order chi connectivity index (χ1) is 14.0. The standard InChI is InChI=1S/C20H27FN6O3/c1-11-6-12(8-23-17(11)21)14-10-27(25-24-14)16(20(2,3)4)19(30)26-9-13(28)7-15(26)18(29)22-5/h6,8,10,13,15-16,28H,7,9H2,1-5H3,(H,22,29)/t13?,15?,16-/m1/s1. The highest BCUT2D eigenvalue weighted by molar-refractivity contribution is 5.90. The average Bonchev–Trinajstić information content (AvgIpc) is 3.29. The van der Waals surface area contributed by atoms with Gasteiger partial charge in [0.15, 0.2) is 0 Å². The van der Waals surface area contributed by atoms with E-state index in [1.165, 1.54) is 22.8 Å². The summed E-state index contributed by atoms with van der Waals surface area (Å²) in [5.74, 6) is -1.20. The van der Waals surface area contributed by atoms with E-state index in [9.17, 15) is 19.1 Å². The Morgan fingerprint density at radius 1 is 1.37 bits per heavy atom. The number of nitrogens with zero attached hydrogens (tertiary/aromatic N) is 5. The minimum Gasteiger partial charge on any atom is -0.391 e. The zero-order chi connectivity index (χ0) is 22.2. The van der Waals surface area contributed by atoms with Gasteiger partial charge in [-0.25, -0.2) is 9.67 Å². The quantitative estimate of drug-likeness (QED) is 0.719. The van der Waals surface area contributed by atoms with Crippen LogP contribution in [0.25, 0.3) is 11.3 Å². The first-order valence-electron chi connectivity index (χ1n) is 9.77. The highest BCUT2D eigenvalue weighted by atomic mass is 19.1. The number of rotatable bonds is 4. The van der Waals surface area contributed by atoms with Crippen molar-refractivity contribution >= 4 is 11.8 Å². The van der Waals surface area contributed by atoms with Crippen LogP contribution in [0.3, 0.4) is 0 Å². The van der Waals surface area contributed by atoms with Gasteiger partial charge in [-0.2, -0.15) is 4.39 Å². The van der Waals surface area contributed by atoms with Gasteiger partial charge in [-0.05, 0) is 18.4 Å². The monoisotopic (exact) mass is 418 g/mol. The molecule has 10 heteroatoms. The van der Waals surface area contributed by atoms with Gasteiger partial charge in [-0.15, -0.1) is 5.10 Å². The van der Waals surface area contributed by atoms with Crippen molar-refractivity contribution in [2.75, 3.05) is 13.6 Å². The number of likely N-dealkylation sites (tertiary alicyclic amines) is 1. The van der Waals surface area contributed by atoms with Crippen LogP contribution in [0.15, 0.2) is 18.5 Å². The van der Waals surface area contributed by atoms with E-state index < -0.39 is 29.6 Å². The lowest BCUT2D eigenvalue weighted by molar-refractivity contribution is -0.144. The number of likely N-dealkylation sites (N-methyl/N-ethyl adjacent to an activating group) is 1. The van der Waals surface area contributed by atoms with Crippen LogP contribution >= 0.6 is 0 Å². The van der Waals surface area contributed by atoms with E-state index in [-0.39, 0.29) is 24.8 Å². The molecule has 9 nitrogen and oxygen atoms in total. The summed E-state index contributed by atoms with van der Waals surface area (Å²) in [6, 6.07) is 0.114. The number of carbonyl (C=O) groups is 2. The fourth-order valence-corrected chi connectivity index (χ4v) is 3.74. The molecule has 2 aromatic heterocycles. The van der Waals surface area contributed by atoms with Gasteiger partial charge in [0.2, 0.25) is 17.8 Å². The second-order valence-electron chi connectivity index (χ2n) is 8.69. The summed E-state index contributed by atoms with van der Waals surface area (Å²) in [4.78, 5) is 30.9. The molecule has 1 aliphatic rings. The molecule has 30 heavy (non-hydrogen) atoms. The number of nitrogens with one attached hydrogen (secondary N) is 1. The summed E-state index contributed by atoms with van der Waals surface area (Å²) in [7, 11) is 1.50. The number of amides is 2. The smallest absolute Gasteiger partial charge is 0.248 e. The van der Waals surface area contributed by atoms with Crippen LogP contribution < -0.4 is 5.32 Å². The lowest BCUT2D eigenvalue weighted by Crippen LogP contribution is -2.49. The van der Waals surface area contributed by atoms with Gasteiger partial charge >= 0.3 is 0 Å². The maximum absolute atomic E-state index is 13.5. The molecule has 3 rings (SSSR count). The normalized spacial score (nSPS) is 20.3. The maximum atomic E-state index is 13.5. The van der Waals surface area contributed by atoms with Crippen molar-refractivity contribution in [2.24, 2.45) is 5.41 Å². The topological polar surface area (TPSA) is 113 Å². The molecule has 0 aliphatic carbocycles. The van der Waals surface area contributed by atoms with Crippen LogP contribution in [0, 0.1) is 18.3 Å². The van der Waals surface area contributed by atoms with E-state index >= 15 is 0 Å². The highest BCUT2D eigenvalue weighted by Crippen LogP contribution is 2.35. The molecule has 1 aliphatic heterocycles. The number of aliphatic hydroxyl groups is 1. The fraction of sp³-hybridized carbons (Fsp3) is 0.550. The number of aromatic nitrogens is 4. The van der Waals surface area contributed by atoms with E-state index in [1.807, 2.05) is 20.8 Å². The van der Waals surface area contributed by atoms with Gasteiger partial charge < -0.3 is 15.3 Å². The van der Waals surface area contributed by atoms with Crippen molar-refractivity contribution in [2.45, 2.75) is 52.3 Å². The molecule has 162 valence electrons. The summed E-state index contributed by atoms with van der Waals surface area (Å²) in [5.41, 5.74) is 0.863. The Hall–Kier alpha value is -2.88. The highest BCUT2D eigenvalue weighted by Gasteiger charge is 2.45. The first kappa shape index (κ1) is 21.8. The Kier molecular flexibility index (Phi) is 5.89. The van der Waals surface area contributed by atoms with Crippen molar-refractivity contribution in [1.29, 1.82) is 0 Å². The predicted molar refractivity (Wildman–Crippen MR) is 107 cm³/mol. The van der Waals surface area contributed by atoms with E-state index in [0.717, 1.165) is 0 Å². The first-order valence-corrected chi connectivity index (χ1v) is 9.77. The van der Waals surface area contributed by atoms with E-state index in [4.69, 9.17) is 0 Å². The van der Waals surface area contributed by atoms with Gasteiger partial charge in [0.1, 0.15) is 17.8 Å². The zero-order valence-electron chi connectivity index (χ0n) is 17.8. The Balaban J connectivity index is 1.95. The molecule has 1 fully saturated rings. The molecule has 3 heterocycles. The molecule has 3 atom stereocenters. The van der Waals surface area contributed by atoms with Crippen molar-refractivity contribution in [3.8, 4) is 11.3 Å². The van der Waals surface area contributed by atoms with Crippen LogP contribution in [0.4, 0.5) is 4.39 Å². The molecular weight excluding hydrogens is 391 g/mol. The van der Waals surface area contributed by atoms with Crippen molar-refractivity contribution in [3.05, 3.63) is 30.0 Å². The molecule has 0 bridgehead atoms. The number of hydrogen-bond donors (Lipinski definition) is 2. The largest absolute Gasteiger partial charge is 0.391 e. The van der Waals surface area contributed by atoms with Crippen LogP contribution in [0.5, 0.6) is 0 Å². The van der Waals surface area contributed by atoms with E-state index in [0.29, 0.717) is 16.8 Å². The predicted octanol–water partition coefficient (Wildman–Crippen LogP) is 1.08. The Morgan fingerprint density at radius 3 is 2.67 bits per heavy atom. The third kappa shape index (κ3) is 4.18. The number of aryl methyl sites for hydroxylation is 1. The summed E-state index contributed by atoms with van der Waals surface area (Å²) < 4.78 is 15.0. The fourth-order valence-electron chi connectivity index (χ4n) is 3.74. The summed E-state index contributed by atoms with van der Waals surface area (Å²) in [5, 5.41) is 20.9. The molecule has 0 aromatic carbocycles. The van der Waals surface area contributed by atoms with Gasteiger partial charge in [-0.1, -0.05) is 26.0 Å². The number of aliphatic hydroxyl groups excluding tert-OH is 1. The summed E-state index contributed by atoms with van der Waals surface area (Å²) in [6.07, 6.45) is 2.40. The SMILES string of the molecule is CNC(=O)C1CC(O)CN1C(=O)[C@@H](n1cc(-c2cnc(F)c(C)c2)nn1)C(C)(C)C. The zero-order valence-corrected chi connectivity index (χ0v) is 17.8. The number of halogens is 1. The molecule has 2 unspecified atom stereocenters. The number of pyridine rings is 1. The van der Waals surface area contributed by atoms with Crippen LogP contribution in [-0.4, -0.2) is 67.5 Å². The lowest BCUT2D eigenvalue weighted by atomic mass is 9.85. The minimum atomic E-state index is -0.767. The maximum Gasteiger partial charge on any atom is 0.248 e. The molecule has 0 radical (unpaired) electrons.